The van der Waals surface area contributed by atoms with Crippen molar-refractivity contribution in [2.45, 2.75) is 50.5 Å². The molecule has 10 heteroatoms. The van der Waals surface area contributed by atoms with E-state index >= 15 is 0 Å². The molecule has 0 atom stereocenters. The van der Waals surface area contributed by atoms with Gasteiger partial charge in [-0.05, 0) is 25.7 Å². The van der Waals surface area contributed by atoms with Crippen LogP contribution < -0.4 is 4.90 Å². The van der Waals surface area contributed by atoms with Gasteiger partial charge in [-0.2, -0.15) is 13.2 Å². The minimum Gasteiger partial charge on any atom is -0.350 e. The van der Waals surface area contributed by atoms with Crippen LogP contribution in [0.5, 0.6) is 0 Å². The highest BCUT2D eigenvalue weighted by Gasteiger charge is 2.38. The lowest BCUT2D eigenvalue weighted by molar-refractivity contribution is -0.141. The Balaban J connectivity index is 1.39. The fourth-order valence-corrected chi connectivity index (χ4v) is 3.69. The Morgan fingerprint density at radius 3 is 2.41 bits per heavy atom. The van der Waals surface area contributed by atoms with Crippen LogP contribution in [0.1, 0.15) is 31.4 Å². The van der Waals surface area contributed by atoms with Crippen LogP contribution in [-0.2, 0) is 12.7 Å². The number of rotatable bonds is 6. The number of nitrogens with zero attached hydrogens (tertiary/aromatic N) is 7. The molecule has 0 N–H and O–H groups in total. The quantitative estimate of drug-likeness (QED) is 0.765. The highest BCUT2D eigenvalue weighted by molar-refractivity contribution is 5.44. The number of hydrogen-bond acceptors (Lipinski definition) is 6. The average molecular weight is 381 g/mol. The Morgan fingerprint density at radius 1 is 1.04 bits per heavy atom. The van der Waals surface area contributed by atoms with Gasteiger partial charge < -0.3 is 9.80 Å². The first kappa shape index (κ1) is 18.1. The summed E-state index contributed by atoms with van der Waals surface area (Å²) in [4.78, 5) is 12.0. The zero-order valence-corrected chi connectivity index (χ0v) is 14.9. The molecule has 2 aromatic heterocycles. The molecule has 0 spiro atoms. The molecule has 3 heterocycles. The molecule has 1 saturated heterocycles. The molecule has 0 aromatic carbocycles. The van der Waals surface area contributed by atoms with Crippen LogP contribution in [0.15, 0.2) is 24.8 Å². The van der Waals surface area contributed by atoms with E-state index in [1.807, 2.05) is 10.9 Å². The molecule has 2 aromatic rings. The van der Waals surface area contributed by atoms with Crippen LogP contribution in [0.2, 0.25) is 0 Å². The van der Waals surface area contributed by atoms with Crippen LogP contribution in [0.4, 0.5) is 19.0 Å². The Bertz CT molecular complexity index is 737. The van der Waals surface area contributed by atoms with Gasteiger partial charge in [0, 0.05) is 44.0 Å². The SMILES string of the molecule is FC(F)(F)c1cc(N(C2CC2)C2CCN(CCn3ccnn3)CC2)ncn1. The van der Waals surface area contributed by atoms with E-state index in [-0.39, 0.29) is 6.04 Å². The van der Waals surface area contributed by atoms with Gasteiger partial charge in [-0.15, -0.1) is 5.10 Å². The van der Waals surface area contributed by atoms with Gasteiger partial charge in [0.25, 0.3) is 0 Å². The van der Waals surface area contributed by atoms with Crippen molar-refractivity contribution in [3.05, 3.63) is 30.5 Å². The van der Waals surface area contributed by atoms with Gasteiger partial charge in [0.2, 0.25) is 0 Å². The van der Waals surface area contributed by atoms with Gasteiger partial charge in [0.05, 0.1) is 12.7 Å². The van der Waals surface area contributed by atoms with E-state index in [1.54, 1.807) is 6.20 Å². The summed E-state index contributed by atoms with van der Waals surface area (Å²) >= 11 is 0. The number of likely N-dealkylation sites (tertiary alicyclic amines) is 1. The summed E-state index contributed by atoms with van der Waals surface area (Å²) in [6, 6.07) is 1.61. The third-order valence-electron chi connectivity index (χ3n) is 5.22. The van der Waals surface area contributed by atoms with E-state index in [0.717, 1.165) is 64.3 Å². The molecule has 0 bridgehead atoms. The van der Waals surface area contributed by atoms with Crippen molar-refractivity contribution in [3.63, 3.8) is 0 Å². The number of alkyl halides is 3. The van der Waals surface area contributed by atoms with Crippen LogP contribution in [0.25, 0.3) is 0 Å². The number of piperidine rings is 1. The number of hydrogen-bond donors (Lipinski definition) is 0. The molecule has 4 rings (SSSR count). The summed E-state index contributed by atoms with van der Waals surface area (Å²) in [5.74, 6) is 0.404. The van der Waals surface area contributed by atoms with E-state index < -0.39 is 11.9 Å². The number of halogens is 3. The molecule has 0 amide bonds. The molecule has 1 saturated carbocycles. The molecular weight excluding hydrogens is 359 g/mol. The zero-order chi connectivity index (χ0) is 18.9. The maximum absolute atomic E-state index is 13.0. The molecule has 2 aliphatic rings. The molecule has 2 fully saturated rings. The van der Waals surface area contributed by atoms with Gasteiger partial charge >= 0.3 is 6.18 Å². The minimum absolute atomic E-state index is 0.219. The highest BCUT2D eigenvalue weighted by Crippen LogP contribution is 2.37. The average Bonchev–Trinajstić information content (AvgIpc) is 3.34. The summed E-state index contributed by atoms with van der Waals surface area (Å²) in [6.07, 6.45) is 3.94. The smallest absolute Gasteiger partial charge is 0.350 e. The van der Waals surface area contributed by atoms with Gasteiger partial charge in [-0.1, -0.05) is 5.21 Å². The molecule has 1 aliphatic heterocycles. The van der Waals surface area contributed by atoms with E-state index in [9.17, 15) is 13.2 Å². The van der Waals surface area contributed by atoms with Crippen LogP contribution in [0.3, 0.4) is 0 Å². The summed E-state index contributed by atoms with van der Waals surface area (Å²) in [5, 5.41) is 7.77. The summed E-state index contributed by atoms with van der Waals surface area (Å²) in [7, 11) is 0. The Hall–Kier alpha value is -2.23. The molecule has 7 nitrogen and oxygen atoms in total. The van der Waals surface area contributed by atoms with Gasteiger partial charge in [-0.3, -0.25) is 4.68 Å². The van der Waals surface area contributed by atoms with Gasteiger partial charge in [0.1, 0.15) is 17.8 Å². The fraction of sp³-hybridized carbons (Fsp3) is 0.647. The van der Waals surface area contributed by atoms with E-state index in [4.69, 9.17) is 0 Å². The maximum Gasteiger partial charge on any atom is 0.433 e. The number of anilines is 1. The molecule has 0 radical (unpaired) electrons. The lowest BCUT2D eigenvalue weighted by Crippen LogP contribution is -2.47. The van der Waals surface area contributed by atoms with Crippen LogP contribution in [0, 0.1) is 0 Å². The van der Waals surface area contributed by atoms with Gasteiger partial charge in [-0.25, -0.2) is 9.97 Å². The predicted molar refractivity (Wildman–Crippen MR) is 92.0 cm³/mol. The summed E-state index contributed by atoms with van der Waals surface area (Å²) in [5.41, 5.74) is -0.872. The minimum atomic E-state index is -4.45. The summed E-state index contributed by atoms with van der Waals surface area (Å²) < 4.78 is 40.9. The second-order valence-electron chi connectivity index (χ2n) is 7.14. The largest absolute Gasteiger partial charge is 0.433 e. The van der Waals surface area contributed by atoms with E-state index in [1.165, 1.54) is 0 Å². The molecule has 0 unspecified atom stereocenters. The first-order valence-electron chi connectivity index (χ1n) is 9.25. The van der Waals surface area contributed by atoms with Gasteiger partial charge in [0.15, 0.2) is 0 Å². The molecule has 27 heavy (non-hydrogen) atoms. The van der Waals surface area contributed by atoms with Crippen molar-refractivity contribution in [1.82, 2.24) is 29.9 Å². The topological polar surface area (TPSA) is 63.0 Å². The van der Waals surface area contributed by atoms with Crippen molar-refractivity contribution >= 4 is 5.82 Å². The van der Waals surface area contributed by atoms with Crippen molar-refractivity contribution in [3.8, 4) is 0 Å². The molecular formula is C17H22F3N7. The Morgan fingerprint density at radius 2 is 1.78 bits per heavy atom. The molecule has 1 aliphatic carbocycles. The maximum atomic E-state index is 13.0. The number of aromatic nitrogens is 5. The van der Waals surface area contributed by atoms with Crippen molar-refractivity contribution < 1.29 is 13.2 Å². The van der Waals surface area contributed by atoms with Crippen molar-refractivity contribution in [2.24, 2.45) is 0 Å². The Kier molecular flexibility index (Phi) is 4.98. The van der Waals surface area contributed by atoms with Crippen LogP contribution >= 0.6 is 0 Å². The van der Waals surface area contributed by atoms with E-state index in [0.29, 0.717) is 11.9 Å². The Labute approximate surface area is 155 Å². The normalized spacial score (nSPS) is 19.4. The van der Waals surface area contributed by atoms with Crippen molar-refractivity contribution in [2.75, 3.05) is 24.5 Å². The highest BCUT2D eigenvalue weighted by atomic mass is 19.4. The zero-order valence-electron chi connectivity index (χ0n) is 14.9. The first-order chi connectivity index (χ1) is 13.0. The second kappa shape index (κ2) is 7.41. The standard InChI is InChI=1S/C17H22F3N7/c18-17(19,20)15-11-16(22-12-21-15)27(13-1-2-13)14-3-6-25(7-4-14)9-10-26-8-5-23-24-26/h5,8,11-14H,1-4,6-7,9-10H2. The lowest BCUT2D eigenvalue weighted by atomic mass is 10.0. The monoisotopic (exact) mass is 381 g/mol. The van der Waals surface area contributed by atoms with E-state index in [2.05, 4.69) is 30.1 Å². The third kappa shape index (κ3) is 4.37. The second-order valence-corrected chi connectivity index (χ2v) is 7.14. The molecule has 146 valence electrons. The van der Waals surface area contributed by atoms with Crippen molar-refractivity contribution in [1.29, 1.82) is 0 Å². The van der Waals surface area contributed by atoms with Crippen LogP contribution in [-0.4, -0.2) is 61.6 Å². The first-order valence-corrected chi connectivity index (χ1v) is 9.25. The lowest BCUT2D eigenvalue weighted by Gasteiger charge is -2.39. The summed E-state index contributed by atoms with van der Waals surface area (Å²) in [6.45, 7) is 3.52. The third-order valence-corrected chi connectivity index (χ3v) is 5.22. The predicted octanol–water partition coefficient (Wildman–Crippen LogP) is 2.22. The fourth-order valence-electron chi connectivity index (χ4n) is 3.69.